The maximum Gasteiger partial charge on any atom is 0.255 e. The van der Waals surface area contributed by atoms with E-state index in [1.807, 2.05) is 6.92 Å². The predicted octanol–water partition coefficient (Wildman–Crippen LogP) is 1.64. The summed E-state index contributed by atoms with van der Waals surface area (Å²) in [5.41, 5.74) is 0.872. The number of amides is 1. The highest BCUT2D eigenvalue weighted by Crippen LogP contribution is 2.12. The number of rotatable bonds is 3. The zero-order chi connectivity index (χ0) is 15.2. The van der Waals surface area contributed by atoms with E-state index in [1.54, 1.807) is 10.9 Å². The number of aliphatic hydroxyl groups excluding tert-OH is 1. The van der Waals surface area contributed by atoms with Gasteiger partial charge in [0.1, 0.15) is 12.4 Å². The van der Waals surface area contributed by atoms with Crippen molar-refractivity contribution in [2.75, 3.05) is 11.9 Å². The van der Waals surface area contributed by atoms with Gasteiger partial charge in [-0.3, -0.25) is 9.48 Å². The molecule has 1 aromatic carbocycles. The molecule has 21 heavy (non-hydrogen) atoms. The molecule has 0 aliphatic heterocycles. The number of nitrogens with zero attached hydrogens (tertiary/aromatic N) is 2. The van der Waals surface area contributed by atoms with Crippen LogP contribution in [0.15, 0.2) is 30.6 Å². The van der Waals surface area contributed by atoms with Crippen molar-refractivity contribution < 1.29 is 14.3 Å². The van der Waals surface area contributed by atoms with Crippen LogP contribution in [0.5, 0.6) is 0 Å². The lowest BCUT2D eigenvalue weighted by atomic mass is 10.1. The molecular formula is C15H14FN3O2. The van der Waals surface area contributed by atoms with E-state index in [4.69, 9.17) is 5.11 Å². The van der Waals surface area contributed by atoms with Crippen LogP contribution in [0.1, 0.15) is 22.8 Å². The summed E-state index contributed by atoms with van der Waals surface area (Å²) in [7, 11) is 0. The van der Waals surface area contributed by atoms with Crippen LogP contribution in [0.3, 0.4) is 0 Å². The molecule has 0 saturated heterocycles. The van der Waals surface area contributed by atoms with Gasteiger partial charge >= 0.3 is 0 Å². The van der Waals surface area contributed by atoms with Gasteiger partial charge in [0.15, 0.2) is 0 Å². The van der Waals surface area contributed by atoms with Gasteiger partial charge < -0.3 is 10.4 Å². The number of aryl methyl sites for hydroxylation is 1. The molecule has 2 N–H and O–H groups in total. The Bertz CT molecular complexity index is 713. The van der Waals surface area contributed by atoms with E-state index in [9.17, 15) is 9.18 Å². The topological polar surface area (TPSA) is 67.2 Å². The van der Waals surface area contributed by atoms with Crippen molar-refractivity contribution in [1.82, 2.24) is 9.78 Å². The number of halogens is 1. The number of hydrogen-bond donors (Lipinski definition) is 2. The first-order chi connectivity index (χ1) is 10.1. The quantitative estimate of drug-likeness (QED) is 0.843. The van der Waals surface area contributed by atoms with Crippen molar-refractivity contribution in [2.24, 2.45) is 0 Å². The summed E-state index contributed by atoms with van der Waals surface area (Å²) in [6, 6.07) is 3.99. The highest BCUT2D eigenvalue weighted by Gasteiger charge is 2.10. The second kappa shape index (κ2) is 6.68. The Labute approximate surface area is 121 Å². The third-order valence-electron chi connectivity index (χ3n) is 2.75. The highest BCUT2D eigenvalue weighted by atomic mass is 19.1. The lowest BCUT2D eigenvalue weighted by Crippen LogP contribution is -2.12. The number of nitrogens with one attached hydrogen (secondary N) is 1. The lowest BCUT2D eigenvalue weighted by Gasteiger charge is -2.03. The Kier molecular flexibility index (Phi) is 4.69. The summed E-state index contributed by atoms with van der Waals surface area (Å²) in [6.45, 7) is 2.28. The molecule has 0 aliphatic rings. The first-order valence-electron chi connectivity index (χ1n) is 6.37. The Morgan fingerprint density at radius 3 is 2.95 bits per heavy atom. The van der Waals surface area contributed by atoms with Crippen LogP contribution >= 0.6 is 0 Å². The summed E-state index contributed by atoms with van der Waals surface area (Å²) in [4.78, 5) is 12.0. The molecule has 0 spiro atoms. The van der Waals surface area contributed by atoms with Crippen LogP contribution in [-0.2, 0) is 6.54 Å². The Morgan fingerprint density at radius 2 is 2.33 bits per heavy atom. The molecule has 0 aliphatic carbocycles. The summed E-state index contributed by atoms with van der Waals surface area (Å²) in [5, 5.41) is 15.3. The Balaban J connectivity index is 2.14. The second-order valence-corrected chi connectivity index (χ2v) is 4.19. The van der Waals surface area contributed by atoms with Crippen molar-refractivity contribution in [1.29, 1.82) is 0 Å². The smallest absolute Gasteiger partial charge is 0.255 e. The monoisotopic (exact) mass is 287 g/mol. The number of anilines is 1. The van der Waals surface area contributed by atoms with Crippen molar-refractivity contribution in [3.8, 4) is 11.8 Å². The summed E-state index contributed by atoms with van der Waals surface area (Å²) >= 11 is 0. The summed E-state index contributed by atoms with van der Waals surface area (Å²) in [6.07, 6.45) is 3.22. The van der Waals surface area contributed by atoms with Crippen molar-refractivity contribution in [3.63, 3.8) is 0 Å². The number of aliphatic hydroxyl groups is 1. The molecule has 108 valence electrons. The van der Waals surface area contributed by atoms with E-state index >= 15 is 0 Å². The average molecular weight is 287 g/mol. The zero-order valence-corrected chi connectivity index (χ0v) is 11.4. The number of carbonyl (C=O) groups excluding carboxylic acids is 1. The molecule has 1 aromatic heterocycles. The molecular weight excluding hydrogens is 273 g/mol. The molecule has 0 fully saturated rings. The summed E-state index contributed by atoms with van der Waals surface area (Å²) < 4.78 is 15.4. The molecule has 6 heteroatoms. The van der Waals surface area contributed by atoms with E-state index in [1.165, 1.54) is 18.3 Å². The van der Waals surface area contributed by atoms with Crippen molar-refractivity contribution in [2.45, 2.75) is 13.5 Å². The van der Waals surface area contributed by atoms with Gasteiger partial charge in [-0.2, -0.15) is 5.10 Å². The third kappa shape index (κ3) is 3.68. The van der Waals surface area contributed by atoms with Crippen LogP contribution in [0.25, 0.3) is 0 Å². The Morgan fingerprint density at radius 1 is 1.52 bits per heavy atom. The van der Waals surface area contributed by atoms with Gasteiger partial charge in [0.2, 0.25) is 0 Å². The first-order valence-corrected chi connectivity index (χ1v) is 6.37. The molecule has 1 amide bonds. The molecule has 0 unspecified atom stereocenters. The Hall–Kier alpha value is -2.65. The van der Waals surface area contributed by atoms with Gasteiger partial charge in [0.25, 0.3) is 5.91 Å². The van der Waals surface area contributed by atoms with E-state index in [2.05, 4.69) is 22.3 Å². The highest BCUT2D eigenvalue weighted by molar-refractivity contribution is 6.04. The van der Waals surface area contributed by atoms with Gasteiger partial charge in [-0.15, -0.1) is 0 Å². The minimum atomic E-state index is -0.604. The lowest BCUT2D eigenvalue weighted by molar-refractivity contribution is 0.102. The molecule has 0 radical (unpaired) electrons. The molecule has 0 atom stereocenters. The fraction of sp³-hybridized carbons (Fsp3) is 0.200. The molecule has 2 aromatic rings. The van der Waals surface area contributed by atoms with Gasteiger partial charge in [-0.1, -0.05) is 11.8 Å². The largest absolute Gasteiger partial charge is 0.384 e. The number of carbonyl (C=O) groups is 1. The van der Waals surface area contributed by atoms with Gasteiger partial charge in [-0.25, -0.2) is 4.39 Å². The fourth-order valence-corrected chi connectivity index (χ4v) is 1.70. The second-order valence-electron chi connectivity index (χ2n) is 4.19. The van der Waals surface area contributed by atoms with Crippen LogP contribution in [0.2, 0.25) is 0 Å². The standard InChI is InChI=1S/C15H14FN3O2/c1-2-19-10-13(9-17-19)18-15(21)12-6-5-11(4-3-7-20)14(16)8-12/h5-6,8-10,20H,2,7H2,1H3,(H,18,21). The van der Waals surface area contributed by atoms with E-state index in [-0.39, 0.29) is 17.7 Å². The minimum absolute atomic E-state index is 0.138. The SMILES string of the molecule is CCn1cc(NC(=O)c2ccc(C#CCO)c(F)c2)cn1. The number of benzene rings is 1. The zero-order valence-electron chi connectivity index (χ0n) is 11.4. The van der Waals surface area contributed by atoms with Gasteiger partial charge in [0.05, 0.1) is 17.4 Å². The molecule has 0 saturated carbocycles. The van der Waals surface area contributed by atoms with E-state index in [0.29, 0.717) is 12.2 Å². The fourth-order valence-electron chi connectivity index (χ4n) is 1.70. The minimum Gasteiger partial charge on any atom is -0.384 e. The maximum absolute atomic E-state index is 13.8. The normalized spacial score (nSPS) is 9.86. The van der Waals surface area contributed by atoms with Crippen LogP contribution < -0.4 is 5.32 Å². The first kappa shape index (κ1) is 14.8. The average Bonchev–Trinajstić information content (AvgIpc) is 2.93. The molecule has 0 bridgehead atoms. The van der Waals surface area contributed by atoms with Crippen LogP contribution in [-0.4, -0.2) is 27.4 Å². The van der Waals surface area contributed by atoms with Crippen LogP contribution in [0, 0.1) is 17.7 Å². The number of hydrogen-bond acceptors (Lipinski definition) is 3. The van der Waals surface area contributed by atoms with Crippen LogP contribution in [0.4, 0.5) is 10.1 Å². The molecule has 5 nitrogen and oxygen atoms in total. The van der Waals surface area contributed by atoms with Crippen molar-refractivity contribution in [3.05, 3.63) is 47.5 Å². The third-order valence-corrected chi connectivity index (χ3v) is 2.75. The predicted molar refractivity (Wildman–Crippen MR) is 76.2 cm³/mol. The van der Waals surface area contributed by atoms with E-state index in [0.717, 1.165) is 6.07 Å². The number of aromatic nitrogens is 2. The van der Waals surface area contributed by atoms with Gasteiger partial charge in [-0.05, 0) is 25.1 Å². The van der Waals surface area contributed by atoms with E-state index < -0.39 is 11.7 Å². The molecule has 2 rings (SSSR count). The van der Waals surface area contributed by atoms with Crippen molar-refractivity contribution >= 4 is 11.6 Å². The van der Waals surface area contributed by atoms with Gasteiger partial charge in [0, 0.05) is 18.3 Å². The molecule has 1 heterocycles. The maximum atomic E-state index is 13.8. The summed E-state index contributed by atoms with van der Waals surface area (Å²) in [5.74, 6) is 3.80.